The normalized spacial score (nSPS) is 11.1. The van der Waals surface area contributed by atoms with E-state index >= 15 is 0 Å². The summed E-state index contributed by atoms with van der Waals surface area (Å²) in [5.74, 6) is 0.167. The molecule has 2 aromatic rings. The number of nitrogens with one attached hydrogen (secondary N) is 2. The second-order valence-electron chi connectivity index (χ2n) is 6.16. The Hall–Kier alpha value is -2.58. The smallest absolute Gasteiger partial charge is 0.265 e. The van der Waals surface area contributed by atoms with E-state index < -0.39 is 10.0 Å². The largest absolute Gasteiger partial charge is 0.495 e. The molecule has 1 amide bonds. The number of sulfonamides is 1. The Balaban J connectivity index is 2.10. The molecule has 7 nitrogen and oxygen atoms in total. The monoisotopic (exact) mass is 406 g/mol. The quantitative estimate of drug-likeness (QED) is 0.591. The second kappa shape index (κ2) is 10.1. The van der Waals surface area contributed by atoms with Gasteiger partial charge in [-0.05, 0) is 41.8 Å². The molecule has 2 rings (SSSR count). The highest BCUT2D eigenvalue weighted by Gasteiger charge is 2.20. The third-order valence-corrected chi connectivity index (χ3v) is 5.53. The van der Waals surface area contributed by atoms with Gasteiger partial charge in [-0.1, -0.05) is 25.1 Å². The van der Waals surface area contributed by atoms with Crippen molar-refractivity contribution in [2.45, 2.75) is 24.7 Å². The summed E-state index contributed by atoms with van der Waals surface area (Å²) >= 11 is 0. The Morgan fingerprint density at radius 2 is 1.71 bits per heavy atom. The van der Waals surface area contributed by atoms with Crippen LogP contribution in [-0.2, 0) is 32.4 Å². The Morgan fingerprint density at radius 3 is 2.32 bits per heavy atom. The van der Waals surface area contributed by atoms with E-state index in [-0.39, 0.29) is 23.0 Å². The lowest BCUT2D eigenvalue weighted by atomic mass is 10.1. The number of hydrogen-bond donors (Lipinski definition) is 2. The first kappa shape index (κ1) is 21.7. The number of carbonyl (C=O) groups is 1. The molecule has 0 aliphatic heterocycles. The Bertz CT molecular complexity index is 895. The zero-order valence-corrected chi connectivity index (χ0v) is 17.1. The molecule has 28 heavy (non-hydrogen) atoms. The molecular formula is C20H26N2O5S. The van der Waals surface area contributed by atoms with Crippen molar-refractivity contribution in [2.75, 3.05) is 32.1 Å². The molecule has 0 aromatic heterocycles. The molecule has 0 radical (unpaired) electrons. The van der Waals surface area contributed by atoms with Crippen LogP contribution in [0.25, 0.3) is 0 Å². The number of benzene rings is 2. The van der Waals surface area contributed by atoms with Crippen LogP contribution in [0.15, 0.2) is 47.4 Å². The van der Waals surface area contributed by atoms with Gasteiger partial charge in [0.05, 0.1) is 20.1 Å². The molecule has 2 N–H and O–H groups in total. The first-order valence-electron chi connectivity index (χ1n) is 8.94. The van der Waals surface area contributed by atoms with E-state index in [9.17, 15) is 13.2 Å². The summed E-state index contributed by atoms with van der Waals surface area (Å²) in [6, 6.07) is 11.8. The van der Waals surface area contributed by atoms with Crippen LogP contribution in [-0.4, -0.2) is 41.7 Å². The lowest BCUT2D eigenvalue weighted by molar-refractivity contribution is -0.120. The molecule has 0 spiro atoms. The third kappa shape index (κ3) is 5.97. The molecule has 0 saturated heterocycles. The van der Waals surface area contributed by atoms with Crippen molar-refractivity contribution >= 4 is 21.6 Å². The van der Waals surface area contributed by atoms with E-state index in [0.29, 0.717) is 25.3 Å². The van der Waals surface area contributed by atoms with Gasteiger partial charge in [0.1, 0.15) is 10.6 Å². The average molecular weight is 407 g/mol. The molecule has 152 valence electrons. The molecule has 0 aliphatic carbocycles. The van der Waals surface area contributed by atoms with Crippen LogP contribution in [0.1, 0.15) is 18.1 Å². The molecule has 0 bridgehead atoms. The van der Waals surface area contributed by atoms with Crippen LogP contribution in [0.4, 0.5) is 5.69 Å². The van der Waals surface area contributed by atoms with Gasteiger partial charge in [-0.25, -0.2) is 8.42 Å². The van der Waals surface area contributed by atoms with Crippen LogP contribution in [0.2, 0.25) is 0 Å². The molecule has 0 saturated carbocycles. The summed E-state index contributed by atoms with van der Waals surface area (Å²) < 4.78 is 38.2. The highest BCUT2D eigenvalue weighted by Crippen LogP contribution is 2.27. The summed E-state index contributed by atoms with van der Waals surface area (Å²) in [5.41, 5.74) is 2.09. The standard InChI is InChI=1S/C20H26N2O5S/c1-4-15-7-10-18(27-3)19(13-15)28(24,25)22-17-8-5-16(6-9-17)14-20(23)21-11-12-26-2/h5-10,13,22H,4,11-12,14H2,1-3H3,(H,21,23). The lowest BCUT2D eigenvalue weighted by Crippen LogP contribution is -2.28. The minimum Gasteiger partial charge on any atom is -0.495 e. The molecule has 8 heteroatoms. The maximum Gasteiger partial charge on any atom is 0.265 e. The molecule has 0 unspecified atom stereocenters. The maximum absolute atomic E-state index is 12.8. The van der Waals surface area contributed by atoms with Crippen molar-refractivity contribution in [2.24, 2.45) is 0 Å². The van der Waals surface area contributed by atoms with E-state index in [4.69, 9.17) is 9.47 Å². The number of carbonyl (C=O) groups excluding carboxylic acids is 1. The zero-order valence-electron chi connectivity index (χ0n) is 16.3. The topological polar surface area (TPSA) is 93.7 Å². The maximum atomic E-state index is 12.8. The van der Waals surface area contributed by atoms with Crippen LogP contribution < -0.4 is 14.8 Å². The fourth-order valence-electron chi connectivity index (χ4n) is 2.59. The number of hydrogen-bond acceptors (Lipinski definition) is 5. The predicted octanol–water partition coefficient (Wildman–Crippen LogP) is 2.36. The number of amides is 1. The highest BCUT2D eigenvalue weighted by atomic mass is 32.2. The summed E-state index contributed by atoms with van der Waals surface area (Å²) in [5, 5.41) is 2.74. The fourth-order valence-corrected chi connectivity index (χ4v) is 3.87. The number of anilines is 1. The summed E-state index contributed by atoms with van der Waals surface area (Å²) in [4.78, 5) is 11.9. The van der Waals surface area contributed by atoms with Gasteiger partial charge in [0.2, 0.25) is 5.91 Å². The SMILES string of the molecule is CCc1ccc(OC)c(S(=O)(=O)Nc2ccc(CC(=O)NCCOC)cc2)c1. The summed E-state index contributed by atoms with van der Waals surface area (Å²) in [7, 11) is -0.801. The van der Waals surface area contributed by atoms with Crippen molar-refractivity contribution in [1.82, 2.24) is 5.32 Å². The van der Waals surface area contributed by atoms with Crippen LogP contribution in [0.3, 0.4) is 0 Å². The number of rotatable bonds is 10. The van der Waals surface area contributed by atoms with Gasteiger partial charge in [0.25, 0.3) is 10.0 Å². The van der Waals surface area contributed by atoms with Crippen LogP contribution in [0, 0.1) is 0 Å². The minimum absolute atomic E-state index is 0.0935. The van der Waals surface area contributed by atoms with Crippen molar-refractivity contribution < 1.29 is 22.7 Å². The van der Waals surface area contributed by atoms with Crippen molar-refractivity contribution in [3.8, 4) is 5.75 Å². The number of aryl methyl sites for hydroxylation is 1. The van der Waals surface area contributed by atoms with Crippen LogP contribution in [0.5, 0.6) is 5.75 Å². The molecule has 0 atom stereocenters. The van der Waals surface area contributed by atoms with Gasteiger partial charge in [0, 0.05) is 19.3 Å². The average Bonchev–Trinajstić information content (AvgIpc) is 2.69. The van der Waals surface area contributed by atoms with Crippen molar-refractivity contribution in [1.29, 1.82) is 0 Å². The first-order valence-corrected chi connectivity index (χ1v) is 10.4. The Morgan fingerprint density at radius 1 is 1.04 bits per heavy atom. The summed E-state index contributed by atoms with van der Waals surface area (Å²) in [6.07, 6.45) is 0.927. The second-order valence-corrected chi connectivity index (χ2v) is 7.81. The molecule has 0 fully saturated rings. The molecular weight excluding hydrogens is 380 g/mol. The van der Waals surface area contributed by atoms with Crippen molar-refractivity contribution in [3.05, 3.63) is 53.6 Å². The Labute approximate surface area is 166 Å². The van der Waals surface area contributed by atoms with Gasteiger partial charge in [-0.15, -0.1) is 0 Å². The number of ether oxygens (including phenoxy) is 2. The minimum atomic E-state index is -3.81. The lowest BCUT2D eigenvalue weighted by Gasteiger charge is -2.13. The van der Waals surface area contributed by atoms with Gasteiger partial charge < -0.3 is 14.8 Å². The molecule has 2 aromatic carbocycles. The molecule has 0 aliphatic rings. The van der Waals surface area contributed by atoms with E-state index in [1.54, 1.807) is 43.5 Å². The van der Waals surface area contributed by atoms with Gasteiger partial charge >= 0.3 is 0 Å². The van der Waals surface area contributed by atoms with Gasteiger partial charge in [0.15, 0.2) is 0 Å². The highest BCUT2D eigenvalue weighted by molar-refractivity contribution is 7.92. The molecule has 0 heterocycles. The number of methoxy groups -OCH3 is 2. The fraction of sp³-hybridized carbons (Fsp3) is 0.350. The zero-order chi connectivity index (χ0) is 20.6. The van der Waals surface area contributed by atoms with Gasteiger partial charge in [-0.3, -0.25) is 9.52 Å². The first-order chi connectivity index (χ1) is 13.4. The van der Waals surface area contributed by atoms with E-state index in [2.05, 4.69) is 10.0 Å². The third-order valence-electron chi connectivity index (χ3n) is 4.12. The summed E-state index contributed by atoms with van der Waals surface area (Å²) in [6.45, 7) is 2.86. The van der Waals surface area contributed by atoms with Gasteiger partial charge in [-0.2, -0.15) is 0 Å². The van der Waals surface area contributed by atoms with E-state index in [0.717, 1.165) is 11.1 Å². The van der Waals surface area contributed by atoms with Crippen LogP contribution >= 0.6 is 0 Å². The predicted molar refractivity (Wildman–Crippen MR) is 108 cm³/mol. The van der Waals surface area contributed by atoms with E-state index in [1.807, 2.05) is 13.0 Å². The van der Waals surface area contributed by atoms with Crippen molar-refractivity contribution in [3.63, 3.8) is 0 Å². The van der Waals surface area contributed by atoms with E-state index in [1.165, 1.54) is 7.11 Å². The Kier molecular flexibility index (Phi) is 7.83.